The average Bonchev–Trinajstić information content (AvgIpc) is 2.47. The first-order valence-electron chi connectivity index (χ1n) is 7.14. The third-order valence-electron chi connectivity index (χ3n) is 4.04. The van der Waals surface area contributed by atoms with Gasteiger partial charge in [0.1, 0.15) is 11.2 Å². The molecule has 0 aliphatic heterocycles. The molecule has 1 aliphatic carbocycles. The van der Waals surface area contributed by atoms with Crippen molar-refractivity contribution in [2.75, 3.05) is 5.32 Å². The molecule has 2 aromatic rings. The van der Waals surface area contributed by atoms with Gasteiger partial charge < -0.3 is 10.4 Å². The first-order valence-corrected chi connectivity index (χ1v) is 7.52. The van der Waals surface area contributed by atoms with Crippen LogP contribution in [0.1, 0.15) is 35.4 Å². The molecule has 7 heteroatoms. The van der Waals surface area contributed by atoms with Gasteiger partial charge in [-0.3, -0.25) is 9.59 Å². The fourth-order valence-corrected chi connectivity index (χ4v) is 2.73. The summed E-state index contributed by atoms with van der Waals surface area (Å²) in [5.41, 5.74) is -0.156. The van der Waals surface area contributed by atoms with Crippen molar-refractivity contribution in [3.05, 3.63) is 53.1 Å². The molecule has 1 aromatic heterocycles. The van der Waals surface area contributed by atoms with Gasteiger partial charge in [-0.1, -0.05) is 24.1 Å². The van der Waals surface area contributed by atoms with Crippen LogP contribution in [0.15, 0.2) is 36.7 Å². The number of halogens is 1. The lowest BCUT2D eigenvalue weighted by atomic mass is 9.68. The monoisotopic (exact) mass is 331 g/mol. The highest BCUT2D eigenvalue weighted by molar-refractivity contribution is 6.31. The Bertz CT molecular complexity index is 757. The first-order chi connectivity index (χ1) is 11.0. The second-order valence-electron chi connectivity index (χ2n) is 5.50. The van der Waals surface area contributed by atoms with Crippen LogP contribution in [-0.2, 0) is 10.2 Å². The van der Waals surface area contributed by atoms with E-state index in [2.05, 4.69) is 15.3 Å². The van der Waals surface area contributed by atoms with Gasteiger partial charge in [0.25, 0.3) is 5.91 Å². The van der Waals surface area contributed by atoms with Gasteiger partial charge in [-0.15, -0.1) is 0 Å². The summed E-state index contributed by atoms with van der Waals surface area (Å²) < 4.78 is 0. The number of hydrogen-bond acceptors (Lipinski definition) is 4. The molecule has 0 saturated heterocycles. The number of nitrogens with zero attached hydrogens (tertiary/aromatic N) is 2. The Labute approximate surface area is 137 Å². The van der Waals surface area contributed by atoms with E-state index in [1.54, 1.807) is 24.3 Å². The van der Waals surface area contributed by atoms with E-state index >= 15 is 0 Å². The Morgan fingerprint density at radius 2 is 1.91 bits per heavy atom. The molecule has 0 unspecified atom stereocenters. The van der Waals surface area contributed by atoms with E-state index in [9.17, 15) is 14.7 Å². The maximum Gasteiger partial charge on any atom is 0.317 e. The summed E-state index contributed by atoms with van der Waals surface area (Å²) >= 11 is 5.85. The van der Waals surface area contributed by atoms with E-state index in [0.29, 0.717) is 29.1 Å². The molecule has 1 amide bonds. The normalized spacial score (nSPS) is 15.5. The standard InChI is InChI=1S/C16H14ClN3O3/c17-11-4-1-3-10(7-11)13(21)20-12-8-18-14(19-9-12)16(15(22)23)5-2-6-16/h1,3-4,7-9H,2,5-6H2,(H,20,21)(H,22,23). The van der Waals surface area contributed by atoms with Crippen molar-refractivity contribution in [3.63, 3.8) is 0 Å². The van der Waals surface area contributed by atoms with Crippen molar-refractivity contribution in [1.82, 2.24) is 9.97 Å². The number of anilines is 1. The molecule has 3 rings (SSSR count). The van der Waals surface area contributed by atoms with E-state index < -0.39 is 11.4 Å². The number of amides is 1. The number of carbonyl (C=O) groups excluding carboxylic acids is 1. The smallest absolute Gasteiger partial charge is 0.317 e. The number of hydrogen-bond donors (Lipinski definition) is 2. The molecule has 1 aliphatic rings. The number of carbonyl (C=O) groups is 2. The van der Waals surface area contributed by atoms with Gasteiger partial charge in [0.15, 0.2) is 0 Å². The molecular formula is C16H14ClN3O3. The van der Waals surface area contributed by atoms with Gasteiger partial charge in [0.05, 0.1) is 18.1 Å². The van der Waals surface area contributed by atoms with Crippen molar-refractivity contribution >= 4 is 29.2 Å². The van der Waals surface area contributed by atoms with Gasteiger partial charge in [0, 0.05) is 10.6 Å². The van der Waals surface area contributed by atoms with Gasteiger partial charge in [0.2, 0.25) is 0 Å². The van der Waals surface area contributed by atoms with Crippen LogP contribution in [0.25, 0.3) is 0 Å². The van der Waals surface area contributed by atoms with E-state index in [1.807, 2.05) is 0 Å². The number of benzene rings is 1. The van der Waals surface area contributed by atoms with Crippen LogP contribution in [0, 0.1) is 0 Å². The zero-order valence-electron chi connectivity index (χ0n) is 12.1. The molecule has 0 bridgehead atoms. The summed E-state index contributed by atoms with van der Waals surface area (Å²) in [7, 11) is 0. The van der Waals surface area contributed by atoms with Crippen molar-refractivity contribution in [2.45, 2.75) is 24.7 Å². The number of aliphatic carboxylic acids is 1. The lowest BCUT2D eigenvalue weighted by molar-refractivity contribution is -0.147. The molecule has 0 atom stereocenters. The quantitative estimate of drug-likeness (QED) is 0.898. The molecule has 1 saturated carbocycles. The summed E-state index contributed by atoms with van der Waals surface area (Å²) in [6.07, 6.45) is 4.78. The number of carboxylic acid groups (broad SMARTS) is 1. The lowest BCUT2D eigenvalue weighted by Crippen LogP contribution is -2.43. The highest BCUT2D eigenvalue weighted by Gasteiger charge is 2.48. The number of nitrogens with one attached hydrogen (secondary N) is 1. The van der Waals surface area contributed by atoms with Crippen molar-refractivity contribution in [1.29, 1.82) is 0 Å². The van der Waals surface area contributed by atoms with E-state index in [-0.39, 0.29) is 11.7 Å². The maximum absolute atomic E-state index is 12.1. The summed E-state index contributed by atoms with van der Waals surface area (Å²) in [5, 5.41) is 12.5. The Morgan fingerprint density at radius 1 is 1.22 bits per heavy atom. The van der Waals surface area contributed by atoms with Gasteiger partial charge in [-0.2, -0.15) is 0 Å². The number of aromatic nitrogens is 2. The van der Waals surface area contributed by atoms with Crippen LogP contribution < -0.4 is 5.32 Å². The van der Waals surface area contributed by atoms with Crippen LogP contribution in [0.2, 0.25) is 5.02 Å². The summed E-state index contributed by atoms with van der Waals surface area (Å²) in [6.45, 7) is 0. The zero-order chi connectivity index (χ0) is 16.4. The fourth-order valence-electron chi connectivity index (χ4n) is 2.54. The highest BCUT2D eigenvalue weighted by atomic mass is 35.5. The zero-order valence-corrected chi connectivity index (χ0v) is 12.9. The average molecular weight is 332 g/mol. The molecule has 0 radical (unpaired) electrons. The molecule has 0 spiro atoms. The molecule has 1 fully saturated rings. The molecule has 23 heavy (non-hydrogen) atoms. The fraction of sp³-hybridized carbons (Fsp3) is 0.250. The Kier molecular flexibility index (Phi) is 4.00. The second-order valence-corrected chi connectivity index (χ2v) is 5.94. The van der Waals surface area contributed by atoms with E-state index in [0.717, 1.165) is 6.42 Å². The highest BCUT2D eigenvalue weighted by Crippen LogP contribution is 2.42. The summed E-state index contributed by atoms with van der Waals surface area (Å²) in [4.78, 5) is 31.8. The molecule has 2 N–H and O–H groups in total. The van der Waals surface area contributed by atoms with Crippen molar-refractivity contribution in [2.24, 2.45) is 0 Å². The molecule has 1 heterocycles. The van der Waals surface area contributed by atoms with Crippen LogP contribution in [0.3, 0.4) is 0 Å². The minimum Gasteiger partial charge on any atom is -0.480 e. The lowest BCUT2D eigenvalue weighted by Gasteiger charge is -2.35. The Morgan fingerprint density at radius 3 is 2.43 bits per heavy atom. The maximum atomic E-state index is 12.1. The summed E-state index contributed by atoms with van der Waals surface area (Å²) in [6, 6.07) is 6.56. The number of carboxylic acids is 1. The predicted octanol–water partition coefficient (Wildman–Crippen LogP) is 2.89. The molecule has 6 nitrogen and oxygen atoms in total. The minimum atomic E-state index is -0.977. The van der Waals surface area contributed by atoms with Crippen molar-refractivity contribution in [3.8, 4) is 0 Å². The van der Waals surface area contributed by atoms with E-state index in [4.69, 9.17) is 11.6 Å². The molecule has 118 valence electrons. The Balaban J connectivity index is 1.75. The third-order valence-corrected chi connectivity index (χ3v) is 4.28. The topological polar surface area (TPSA) is 92.2 Å². The SMILES string of the molecule is O=C(Nc1cnc(C2(C(=O)O)CCC2)nc1)c1cccc(Cl)c1. The third kappa shape index (κ3) is 2.90. The molecular weight excluding hydrogens is 318 g/mol. The number of rotatable bonds is 4. The van der Waals surface area contributed by atoms with Crippen molar-refractivity contribution < 1.29 is 14.7 Å². The summed E-state index contributed by atoms with van der Waals surface area (Å²) in [5.74, 6) is -0.947. The van der Waals surface area contributed by atoms with Gasteiger partial charge >= 0.3 is 5.97 Å². The van der Waals surface area contributed by atoms with Crippen LogP contribution in [-0.4, -0.2) is 27.0 Å². The van der Waals surface area contributed by atoms with Gasteiger partial charge in [-0.05, 0) is 31.0 Å². The minimum absolute atomic E-state index is 0.289. The largest absolute Gasteiger partial charge is 0.480 e. The Hall–Kier alpha value is -2.47. The van der Waals surface area contributed by atoms with E-state index in [1.165, 1.54) is 12.4 Å². The van der Waals surface area contributed by atoms with Crippen LogP contribution >= 0.6 is 11.6 Å². The predicted molar refractivity (Wildman–Crippen MR) is 84.6 cm³/mol. The van der Waals surface area contributed by atoms with Crippen LogP contribution in [0.4, 0.5) is 5.69 Å². The second kappa shape index (κ2) is 5.96. The molecule has 1 aromatic carbocycles. The van der Waals surface area contributed by atoms with Crippen LogP contribution in [0.5, 0.6) is 0 Å². The first kappa shape index (κ1) is 15.4. The van der Waals surface area contributed by atoms with Gasteiger partial charge in [-0.25, -0.2) is 9.97 Å².